The van der Waals surface area contributed by atoms with Crippen LogP contribution < -0.4 is 4.90 Å². The summed E-state index contributed by atoms with van der Waals surface area (Å²) in [5, 5.41) is 0. The molecule has 23 heavy (non-hydrogen) atoms. The predicted octanol–water partition coefficient (Wildman–Crippen LogP) is 2.28. The molecule has 1 aromatic heterocycles. The van der Waals surface area contributed by atoms with Crippen LogP contribution in [0.1, 0.15) is 28.8 Å². The zero-order chi connectivity index (χ0) is 15.8. The molecule has 118 valence electrons. The van der Waals surface area contributed by atoms with Crippen LogP contribution in [0.5, 0.6) is 0 Å². The standard InChI is InChI=1S/C18H20N4O/c1-13-3-5-14(6-4-13)17(23)21-11-7-16-15(21)8-12-22(16)18-19-9-2-10-20-18/h2-6,9-10,15-16H,7-8,11-12H2,1H3/t15-,16+/m0/s1. The minimum absolute atomic E-state index is 0.147. The van der Waals surface area contributed by atoms with Crippen molar-refractivity contribution in [2.24, 2.45) is 0 Å². The van der Waals surface area contributed by atoms with Crippen molar-refractivity contribution in [2.45, 2.75) is 31.8 Å². The van der Waals surface area contributed by atoms with Gasteiger partial charge in [0.25, 0.3) is 5.91 Å². The summed E-state index contributed by atoms with van der Waals surface area (Å²) in [4.78, 5) is 25.9. The number of aromatic nitrogens is 2. The zero-order valence-corrected chi connectivity index (χ0v) is 13.2. The summed E-state index contributed by atoms with van der Waals surface area (Å²) in [5.74, 6) is 0.929. The molecule has 0 saturated carbocycles. The number of nitrogens with zero attached hydrogens (tertiary/aromatic N) is 4. The van der Waals surface area contributed by atoms with Gasteiger partial charge in [0.2, 0.25) is 5.95 Å². The van der Waals surface area contributed by atoms with E-state index in [0.29, 0.717) is 6.04 Å². The highest BCUT2D eigenvalue weighted by atomic mass is 16.2. The normalized spacial score (nSPS) is 23.2. The van der Waals surface area contributed by atoms with Crippen molar-refractivity contribution >= 4 is 11.9 Å². The molecule has 4 rings (SSSR count). The van der Waals surface area contributed by atoms with Crippen molar-refractivity contribution in [1.82, 2.24) is 14.9 Å². The monoisotopic (exact) mass is 308 g/mol. The molecule has 0 aliphatic carbocycles. The number of hydrogen-bond acceptors (Lipinski definition) is 4. The van der Waals surface area contributed by atoms with Gasteiger partial charge in [-0.05, 0) is 38.0 Å². The van der Waals surface area contributed by atoms with Gasteiger partial charge in [-0.2, -0.15) is 0 Å². The van der Waals surface area contributed by atoms with E-state index in [4.69, 9.17) is 0 Å². The highest BCUT2D eigenvalue weighted by Gasteiger charge is 2.45. The van der Waals surface area contributed by atoms with Crippen molar-refractivity contribution < 1.29 is 4.79 Å². The lowest BCUT2D eigenvalue weighted by Gasteiger charge is -2.25. The summed E-state index contributed by atoms with van der Waals surface area (Å²) in [6, 6.07) is 10.3. The van der Waals surface area contributed by atoms with Crippen LogP contribution in [-0.2, 0) is 0 Å². The third-order valence-electron chi connectivity index (χ3n) is 4.94. The van der Waals surface area contributed by atoms with E-state index in [0.717, 1.165) is 37.4 Å². The highest BCUT2D eigenvalue weighted by Crippen LogP contribution is 2.34. The van der Waals surface area contributed by atoms with Crippen LogP contribution in [0.3, 0.4) is 0 Å². The van der Waals surface area contributed by atoms with E-state index in [9.17, 15) is 4.79 Å². The number of likely N-dealkylation sites (tertiary alicyclic amines) is 1. The number of hydrogen-bond donors (Lipinski definition) is 0. The van der Waals surface area contributed by atoms with Crippen LogP contribution in [0.15, 0.2) is 42.7 Å². The molecule has 1 aromatic carbocycles. The second kappa shape index (κ2) is 5.65. The van der Waals surface area contributed by atoms with Gasteiger partial charge in [0.15, 0.2) is 0 Å². The maximum absolute atomic E-state index is 12.8. The first-order chi connectivity index (χ1) is 11.2. The lowest BCUT2D eigenvalue weighted by Crippen LogP contribution is -2.40. The Morgan fingerprint density at radius 1 is 1.04 bits per heavy atom. The van der Waals surface area contributed by atoms with Crippen molar-refractivity contribution in [3.05, 3.63) is 53.9 Å². The second-order valence-corrected chi connectivity index (χ2v) is 6.32. The molecule has 3 heterocycles. The molecule has 0 bridgehead atoms. The van der Waals surface area contributed by atoms with Gasteiger partial charge < -0.3 is 9.80 Å². The third kappa shape index (κ3) is 2.46. The Balaban J connectivity index is 1.54. The van der Waals surface area contributed by atoms with Gasteiger partial charge in [0.1, 0.15) is 0 Å². The Labute approximate surface area is 136 Å². The average molecular weight is 308 g/mol. The minimum Gasteiger partial charge on any atom is -0.336 e. The summed E-state index contributed by atoms with van der Waals surface area (Å²) in [5.41, 5.74) is 1.96. The topological polar surface area (TPSA) is 49.3 Å². The highest BCUT2D eigenvalue weighted by molar-refractivity contribution is 5.94. The Bertz CT molecular complexity index is 701. The molecule has 1 amide bonds. The number of carbonyl (C=O) groups excluding carboxylic acids is 1. The predicted molar refractivity (Wildman–Crippen MR) is 88.4 cm³/mol. The third-order valence-corrected chi connectivity index (χ3v) is 4.94. The van der Waals surface area contributed by atoms with Crippen molar-refractivity contribution in [3.63, 3.8) is 0 Å². The number of fused-ring (bicyclic) bond motifs is 1. The molecule has 2 fully saturated rings. The number of aryl methyl sites for hydroxylation is 1. The van der Waals surface area contributed by atoms with Gasteiger partial charge in [-0.25, -0.2) is 9.97 Å². The van der Waals surface area contributed by atoms with E-state index in [-0.39, 0.29) is 11.9 Å². The van der Waals surface area contributed by atoms with E-state index in [1.165, 1.54) is 5.56 Å². The van der Waals surface area contributed by atoms with Crippen LogP contribution in [0.4, 0.5) is 5.95 Å². The molecule has 2 saturated heterocycles. The van der Waals surface area contributed by atoms with Crippen molar-refractivity contribution in [3.8, 4) is 0 Å². The number of benzene rings is 1. The summed E-state index contributed by atoms with van der Waals surface area (Å²) in [6.07, 6.45) is 5.53. The Hall–Kier alpha value is -2.43. The molecule has 5 nitrogen and oxygen atoms in total. The number of rotatable bonds is 2. The fourth-order valence-corrected chi connectivity index (χ4v) is 3.79. The lowest BCUT2D eigenvalue weighted by atomic mass is 10.1. The van der Waals surface area contributed by atoms with Gasteiger partial charge in [-0.3, -0.25) is 4.79 Å². The molecule has 0 spiro atoms. The summed E-state index contributed by atoms with van der Waals surface area (Å²) in [6.45, 7) is 3.76. The molecule has 0 unspecified atom stereocenters. The van der Waals surface area contributed by atoms with Crippen LogP contribution in [0.2, 0.25) is 0 Å². The van der Waals surface area contributed by atoms with Crippen LogP contribution >= 0.6 is 0 Å². The van der Waals surface area contributed by atoms with Gasteiger partial charge in [-0.1, -0.05) is 17.7 Å². The van der Waals surface area contributed by atoms with E-state index < -0.39 is 0 Å². The number of carbonyl (C=O) groups is 1. The van der Waals surface area contributed by atoms with Crippen LogP contribution in [0, 0.1) is 6.92 Å². The van der Waals surface area contributed by atoms with E-state index >= 15 is 0 Å². The Morgan fingerprint density at radius 3 is 2.48 bits per heavy atom. The molecule has 0 N–H and O–H groups in total. The van der Waals surface area contributed by atoms with E-state index in [2.05, 4.69) is 14.9 Å². The Kier molecular flexibility index (Phi) is 3.48. The molecular weight excluding hydrogens is 288 g/mol. The van der Waals surface area contributed by atoms with Crippen molar-refractivity contribution in [2.75, 3.05) is 18.0 Å². The van der Waals surface area contributed by atoms with Crippen molar-refractivity contribution in [1.29, 1.82) is 0 Å². The molecule has 2 aliphatic heterocycles. The number of amides is 1. The first kappa shape index (κ1) is 14.2. The van der Waals surface area contributed by atoms with Crippen LogP contribution in [-0.4, -0.2) is 45.9 Å². The quantitative estimate of drug-likeness (QED) is 0.854. The summed E-state index contributed by atoms with van der Waals surface area (Å²) < 4.78 is 0. The first-order valence-corrected chi connectivity index (χ1v) is 8.15. The molecular formula is C18H20N4O. The largest absolute Gasteiger partial charge is 0.336 e. The van der Waals surface area contributed by atoms with Gasteiger partial charge in [0.05, 0.1) is 12.1 Å². The maximum Gasteiger partial charge on any atom is 0.254 e. The molecule has 0 radical (unpaired) electrons. The van der Waals surface area contributed by atoms with E-state index in [1.54, 1.807) is 12.4 Å². The van der Waals surface area contributed by atoms with Gasteiger partial charge >= 0.3 is 0 Å². The zero-order valence-electron chi connectivity index (χ0n) is 13.2. The fraction of sp³-hybridized carbons (Fsp3) is 0.389. The molecule has 2 aromatic rings. The van der Waals surface area contributed by atoms with E-state index in [1.807, 2.05) is 42.2 Å². The SMILES string of the molecule is Cc1ccc(C(=O)N2CC[C@@H]3[C@@H]2CCN3c2ncccn2)cc1. The summed E-state index contributed by atoms with van der Waals surface area (Å²) in [7, 11) is 0. The average Bonchev–Trinajstić information content (AvgIpc) is 3.17. The summed E-state index contributed by atoms with van der Waals surface area (Å²) >= 11 is 0. The Morgan fingerprint density at radius 2 is 1.74 bits per heavy atom. The van der Waals surface area contributed by atoms with Crippen LogP contribution in [0.25, 0.3) is 0 Å². The number of anilines is 1. The molecule has 2 aliphatic rings. The molecule has 2 atom stereocenters. The molecule has 5 heteroatoms. The van der Waals surface area contributed by atoms with Gasteiger partial charge in [-0.15, -0.1) is 0 Å². The van der Waals surface area contributed by atoms with Gasteiger partial charge in [0, 0.05) is 31.0 Å². The first-order valence-electron chi connectivity index (χ1n) is 8.15. The lowest BCUT2D eigenvalue weighted by molar-refractivity contribution is 0.0737. The smallest absolute Gasteiger partial charge is 0.254 e. The maximum atomic E-state index is 12.8. The minimum atomic E-state index is 0.147. The second-order valence-electron chi connectivity index (χ2n) is 6.32. The fourth-order valence-electron chi connectivity index (χ4n) is 3.79.